The first-order valence-electron chi connectivity index (χ1n) is 20.2. The molecule has 0 saturated heterocycles. The maximum absolute atomic E-state index is 12.9. The van der Waals surface area contributed by atoms with Gasteiger partial charge >= 0.3 is 23.0 Å². The van der Waals surface area contributed by atoms with Gasteiger partial charge in [-0.15, -0.1) is 5.10 Å². The van der Waals surface area contributed by atoms with Crippen LogP contribution in [0, 0.1) is 11.3 Å². The third kappa shape index (κ3) is 15.2. The summed E-state index contributed by atoms with van der Waals surface area (Å²) in [7, 11) is -8.30. The zero-order chi connectivity index (χ0) is 45.0. The Morgan fingerprint density at radius 3 is 1.94 bits per heavy atom. The van der Waals surface area contributed by atoms with Gasteiger partial charge in [0.05, 0.1) is 13.3 Å². The quantitative estimate of drug-likeness (QED) is 0.0138. The Bertz CT molecular complexity index is 2250. The highest BCUT2D eigenvalue weighted by molar-refractivity contribution is 8.02. The Balaban J connectivity index is 0.883. The van der Waals surface area contributed by atoms with Crippen molar-refractivity contribution in [3.8, 4) is 23.3 Å². The molecule has 1 unspecified atom stereocenters. The van der Waals surface area contributed by atoms with Crippen LogP contribution in [0.15, 0.2) is 95.6 Å². The number of rotatable bonds is 21. The van der Waals surface area contributed by atoms with E-state index in [4.69, 9.17) is 25.8 Å². The molecule has 4 aromatic carbocycles. The van der Waals surface area contributed by atoms with E-state index < -0.39 is 35.5 Å². The molecule has 0 bridgehead atoms. The molecule has 2 aliphatic heterocycles. The standard InChI is InChI=1S/C43H51N6O10P3S/c1-47(60(63)59-41-16-8-33(9-17-41)19-23-48(29-61(51,52)53)30-62(54,55)56)46-28-34-10-14-40(15-11-34)58-31-57-39-12-6-32(7-13-39)18-20-45-43(50)38(27-44)26-35-24-36-4-2-21-49-22-3-5-37(25-35)42(36)49/h6-17,24-26,28,51-56H,2-5,18-23,29-31H2,1H3/q+2/p+1/b38-26-,46-28+. The number of hydrogen-bond acceptors (Lipinski definition) is 15. The minimum Gasteiger partial charge on any atom is -0.458 e. The number of amides is 1. The zero-order valence-electron chi connectivity index (χ0n) is 34.7. The van der Waals surface area contributed by atoms with Gasteiger partial charge in [0.1, 0.15) is 23.1 Å². The van der Waals surface area contributed by atoms with Gasteiger partial charge in [-0.25, -0.2) is 4.90 Å². The number of ether oxygens (including phenoxy) is 2. The maximum atomic E-state index is 12.9. The van der Waals surface area contributed by atoms with Crippen molar-refractivity contribution in [2.75, 3.05) is 57.5 Å². The highest BCUT2D eigenvalue weighted by atomic mass is 32.4. The number of aryl methyl sites for hydroxylation is 2. The fourth-order valence-corrected chi connectivity index (χ4v) is 9.94. The molecule has 63 heavy (non-hydrogen) atoms. The first-order chi connectivity index (χ1) is 30.1. The molecule has 0 fully saturated rings. The van der Waals surface area contributed by atoms with Crippen molar-refractivity contribution < 1.29 is 48.2 Å². The highest BCUT2D eigenvalue weighted by Gasteiger charge is 2.40. The third-order valence-corrected chi connectivity index (χ3v) is 13.6. The lowest BCUT2D eigenvalue weighted by Gasteiger charge is -2.37. The summed E-state index contributed by atoms with van der Waals surface area (Å²) in [5.74, 6) is 1.36. The molecule has 332 valence electrons. The van der Waals surface area contributed by atoms with Gasteiger partial charge in [0.25, 0.3) is 5.91 Å². The van der Waals surface area contributed by atoms with E-state index >= 15 is 0 Å². The van der Waals surface area contributed by atoms with E-state index in [1.54, 1.807) is 60.5 Å². The summed E-state index contributed by atoms with van der Waals surface area (Å²) in [4.78, 5) is 73.0. The molecule has 2 aliphatic rings. The molecule has 2 heterocycles. The number of anilines is 1. The van der Waals surface area contributed by atoms with Gasteiger partial charge in [-0.1, -0.05) is 29.0 Å². The van der Waals surface area contributed by atoms with Gasteiger partial charge in [0.15, 0.2) is 18.3 Å². The summed E-state index contributed by atoms with van der Waals surface area (Å²) < 4.78 is 19.0. The lowest BCUT2D eigenvalue weighted by molar-refractivity contribution is -0.117. The van der Waals surface area contributed by atoms with Crippen LogP contribution in [0.2, 0.25) is 0 Å². The molecular formula is C43H52N6O10P3S+3. The van der Waals surface area contributed by atoms with Crippen LogP contribution in [0.25, 0.3) is 6.08 Å². The molecule has 1 amide bonds. The molecule has 0 spiro atoms. The topological polar surface area (TPSA) is 224 Å². The molecule has 1 atom stereocenters. The Labute approximate surface area is 374 Å². The molecule has 0 saturated carbocycles. The summed E-state index contributed by atoms with van der Waals surface area (Å²) in [5.41, 5.74) is 7.60. The van der Waals surface area contributed by atoms with E-state index in [1.165, 1.54) is 21.7 Å². The van der Waals surface area contributed by atoms with Crippen LogP contribution < -0.4 is 24.2 Å². The van der Waals surface area contributed by atoms with Crippen LogP contribution in [0.4, 0.5) is 5.69 Å². The van der Waals surface area contributed by atoms with Crippen LogP contribution in [-0.4, -0.2) is 104 Å². The van der Waals surface area contributed by atoms with Crippen LogP contribution in [0.5, 0.6) is 17.2 Å². The van der Waals surface area contributed by atoms with E-state index in [0.717, 1.165) is 61.0 Å². The largest absolute Gasteiger partial charge is 0.540 e. The summed E-state index contributed by atoms with van der Waals surface area (Å²) in [6, 6.07) is 28.1. The number of nitriles is 1. The number of nitrogens with zero attached hydrogens (tertiary/aromatic N) is 5. The molecule has 0 aromatic heterocycles. The van der Waals surface area contributed by atoms with Gasteiger partial charge < -0.3 is 19.7 Å². The van der Waals surface area contributed by atoms with Gasteiger partial charge in [0, 0.05) is 31.9 Å². The van der Waals surface area contributed by atoms with E-state index in [-0.39, 0.29) is 24.8 Å². The van der Waals surface area contributed by atoms with Crippen LogP contribution in [0.3, 0.4) is 0 Å². The van der Waals surface area contributed by atoms with Gasteiger partial charge in [-0.05, 0) is 139 Å². The van der Waals surface area contributed by atoms with Crippen LogP contribution in [0.1, 0.15) is 46.2 Å². The first kappa shape index (κ1) is 47.8. The monoisotopic (exact) mass is 937 g/mol. The van der Waals surface area contributed by atoms with Crippen LogP contribution >= 0.6 is 23.0 Å². The van der Waals surface area contributed by atoms with Crippen molar-refractivity contribution in [1.29, 1.82) is 5.26 Å². The van der Waals surface area contributed by atoms with Crippen molar-refractivity contribution in [1.82, 2.24) is 15.0 Å². The first-order valence-corrected chi connectivity index (χ1v) is 26.1. The number of nitrogens with one attached hydrogen (secondary N) is 1. The molecule has 7 N–H and O–H groups in total. The van der Waals surface area contributed by atoms with Gasteiger partial charge in [0.2, 0.25) is 18.6 Å². The second-order valence-corrected chi connectivity index (χ2v) is 20.7. The van der Waals surface area contributed by atoms with E-state index in [0.29, 0.717) is 36.6 Å². The summed E-state index contributed by atoms with van der Waals surface area (Å²) in [5, 5.41) is 17.1. The Kier molecular flexibility index (Phi) is 16.9. The normalized spacial score (nSPS) is 14.2. The Hall–Kier alpha value is -4.65. The smallest absolute Gasteiger partial charge is 0.458 e. The number of carbonyl (C=O) groups excluding carboxylic acids is 1. The van der Waals surface area contributed by atoms with E-state index in [1.807, 2.05) is 36.4 Å². The van der Waals surface area contributed by atoms with Crippen molar-refractivity contribution >= 4 is 58.7 Å². The number of hydrogen-bond donors (Lipinski definition) is 7. The van der Waals surface area contributed by atoms with Crippen molar-refractivity contribution in [3.63, 3.8) is 0 Å². The van der Waals surface area contributed by atoms with Crippen molar-refractivity contribution in [2.24, 2.45) is 5.10 Å². The van der Waals surface area contributed by atoms with E-state index in [9.17, 15) is 39.4 Å². The summed E-state index contributed by atoms with van der Waals surface area (Å²) >= 11 is 5.53. The third-order valence-electron chi connectivity index (χ3n) is 10.2. The average Bonchev–Trinajstić information content (AvgIpc) is 3.24. The molecule has 4 aromatic rings. The zero-order valence-corrected chi connectivity index (χ0v) is 38.2. The summed E-state index contributed by atoms with van der Waals surface area (Å²) in [6.45, 7) is 2.68. The predicted molar refractivity (Wildman–Crippen MR) is 249 cm³/mol. The fraction of sp³-hybridized carbons (Fsp3) is 0.326. The van der Waals surface area contributed by atoms with Crippen LogP contribution in [-0.2, 0) is 42.3 Å². The second kappa shape index (κ2) is 22.3. The maximum Gasteiger partial charge on any atom is 0.540 e. The molecule has 6 rings (SSSR count). The van der Waals surface area contributed by atoms with Crippen molar-refractivity contribution in [3.05, 3.63) is 124 Å². The number of benzene rings is 4. The predicted octanol–water partition coefficient (Wildman–Crippen LogP) is 5.42. The van der Waals surface area contributed by atoms with Gasteiger partial charge in [-0.3, -0.25) is 9.32 Å². The molecule has 0 aliphatic carbocycles. The molecule has 20 heteroatoms. The minimum atomic E-state index is -4.23. The lowest BCUT2D eigenvalue weighted by atomic mass is 9.89. The SMILES string of the molecule is CN(/N=C/c1ccc(OCOc2ccc(CCNC(=O)/C(C#N)=C\c3cc4c5c(c3)CCCN5CCC4)cc2)cc1)[P+](=S)Oc1ccc(CCN(C[P+](O)(O)O)C[P+](O)(O)O)cc1. The minimum absolute atomic E-state index is 0.00634. The lowest BCUT2D eigenvalue weighted by Crippen LogP contribution is -2.34. The highest BCUT2D eigenvalue weighted by Crippen LogP contribution is 2.50. The second-order valence-electron chi connectivity index (χ2n) is 15.2. The average molecular weight is 938 g/mol. The Morgan fingerprint density at radius 2 is 1.38 bits per heavy atom. The Morgan fingerprint density at radius 1 is 0.841 bits per heavy atom. The number of carbonyl (C=O) groups is 1. The fourth-order valence-electron chi connectivity index (χ4n) is 7.28. The number of hydrazone groups is 1. The van der Waals surface area contributed by atoms with Crippen molar-refractivity contribution in [2.45, 2.75) is 38.5 Å². The van der Waals surface area contributed by atoms with Gasteiger partial charge in [-0.2, -0.15) is 34.6 Å². The molecule has 0 radical (unpaired) electrons. The van der Waals surface area contributed by atoms with E-state index in [2.05, 4.69) is 33.5 Å². The summed E-state index contributed by atoms with van der Waals surface area (Å²) in [6.07, 6.45) is 7.36. The molecular weight excluding hydrogens is 885 g/mol. The molecule has 16 nitrogen and oxygen atoms in total.